The Morgan fingerprint density at radius 2 is 2.12 bits per heavy atom. The summed E-state index contributed by atoms with van der Waals surface area (Å²) in [7, 11) is 0. The van der Waals surface area contributed by atoms with Crippen LogP contribution in [0, 0.1) is 0 Å². The molecular formula is C12H15BrN2O2. The van der Waals surface area contributed by atoms with Gasteiger partial charge in [-0.05, 0) is 37.1 Å². The van der Waals surface area contributed by atoms with Gasteiger partial charge in [0, 0.05) is 23.1 Å². The zero-order valence-electron chi connectivity index (χ0n) is 9.43. The van der Waals surface area contributed by atoms with Crippen LogP contribution in [0.3, 0.4) is 0 Å². The van der Waals surface area contributed by atoms with E-state index in [0.29, 0.717) is 12.1 Å². The molecule has 1 aromatic carbocycles. The summed E-state index contributed by atoms with van der Waals surface area (Å²) in [6.07, 6.45) is 1.81. The van der Waals surface area contributed by atoms with Gasteiger partial charge in [0.05, 0.1) is 6.10 Å². The normalized spacial score (nSPS) is 20.4. The van der Waals surface area contributed by atoms with Gasteiger partial charge in [0.15, 0.2) is 0 Å². The van der Waals surface area contributed by atoms with Crippen LogP contribution in [0.4, 0.5) is 0 Å². The van der Waals surface area contributed by atoms with Crippen molar-refractivity contribution in [2.75, 3.05) is 13.1 Å². The number of hydrogen-bond donors (Lipinski definition) is 1. The number of amides is 1. The number of likely N-dealkylation sites (tertiary alicyclic amines) is 1. The zero-order valence-corrected chi connectivity index (χ0v) is 11.0. The van der Waals surface area contributed by atoms with E-state index in [2.05, 4.69) is 15.9 Å². The predicted molar refractivity (Wildman–Crippen MR) is 68.3 cm³/mol. The third kappa shape index (κ3) is 3.06. The van der Waals surface area contributed by atoms with Gasteiger partial charge in [0.1, 0.15) is 0 Å². The minimum Gasteiger partial charge on any atom is -0.336 e. The molecule has 1 atom stereocenters. The Morgan fingerprint density at radius 1 is 1.41 bits per heavy atom. The Balaban J connectivity index is 2.06. The van der Waals surface area contributed by atoms with Crippen molar-refractivity contribution in [1.29, 1.82) is 0 Å². The number of piperidine rings is 1. The summed E-state index contributed by atoms with van der Waals surface area (Å²) in [6, 6.07) is 7.38. The van der Waals surface area contributed by atoms with Crippen molar-refractivity contribution in [3.8, 4) is 0 Å². The average molecular weight is 299 g/mol. The molecule has 1 fully saturated rings. The van der Waals surface area contributed by atoms with E-state index in [1.807, 2.05) is 24.3 Å². The van der Waals surface area contributed by atoms with Gasteiger partial charge in [-0.1, -0.05) is 15.9 Å². The number of carbonyl (C=O) groups excluding carboxylic acids is 1. The van der Waals surface area contributed by atoms with Crippen LogP contribution in [0.25, 0.3) is 0 Å². The molecule has 0 aliphatic carbocycles. The van der Waals surface area contributed by atoms with Crippen LogP contribution in [-0.4, -0.2) is 30.0 Å². The topological polar surface area (TPSA) is 55.6 Å². The lowest BCUT2D eigenvalue weighted by Crippen LogP contribution is -2.44. The number of rotatable bonds is 2. The monoisotopic (exact) mass is 298 g/mol. The average Bonchev–Trinajstić information content (AvgIpc) is 2.39. The predicted octanol–water partition coefficient (Wildman–Crippen LogP) is 1.94. The van der Waals surface area contributed by atoms with E-state index in [0.717, 1.165) is 23.9 Å². The fraction of sp³-hybridized carbons (Fsp3) is 0.417. The van der Waals surface area contributed by atoms with Gasteiger partial charge >= 0.3 is 0 Å². The number of nitrogens with zero attached hydrogens (tertiary/aromatic N) is 1. The molecule has 0 aromatic heterocycles. The standard InChI is InChI=1S/C12H15BrN2O2/c13-10-5-3-9(4-6-10)12(16)15-7-1-2-11(8-15)17-14/h3-6,11H,1-2,7-8,14H2. The quantitative estimate of drug-likeness (QED) is 0.849. The number of hydrogen-bond acceptors (Lipinski definition) is 3. The SMILES string of the molecule is NOC1CCCN(C(=O)c2ccc(Br)cc2)C1. The molecule has 4 nitrogen and oxygen atoms in total. The largest absolute Gasteiger partial charge is 0.336 e. The van der Waals surface area contributed by atoms with Crippen LogP contribution in [0.1, 0.15) is 23.2 Å². The second-order valence-electron chi connectivity index (χ2n) is 4.16. The van der Waals surface area contributed by atoms with Gasteiger partial charge < -0.3 is 4.90 Å². The van der Waals surface area contributed by atoms with E-state index in [1.54, 1.807) is 4.90 Å². The van der Waals surface area contributed by atoms with E-state index >= 15 is 0 Å². The lowest BCUT2D eigenvalue weighted by atomic mass is 10.1. The van der Waals surface area contributed by atoms with Crippen molar-refractivity contribution in [2.24, 2.45) is 5.90 Å². The van der Waals surface area contributed by atoms with E-state index < -0.39 is 0 Å². The highest BCUT2D eigenvalue weighted by molar-refractivity contribution is 9.10. The molecular weight excluding hydrogens is 284 g/mol. The molecule has 1 aliphatic rings. The van der Waals surface area contributed by atoms with Gasteiger partial charge in [0.2, 0.25) is 0 Å². The van der Waals surface area contributed by atoms with Crippen molar-refractivity contribution in [3.05, 3.63) is 34.3 Å². The number of nitrogens with two attached hydrogens (primary N) is 1. The summed E-state index contributed by atoms with van der Waals surface area (Å²) >= 11 is 3.35. The maximum absolute atomic E-state index is 12.2. The Morgan fingerprint density at radius 3 is 2.76 bits per heavy atom. The maximum Gasteiger partial charge on any atom is 0.253 e. The first kappa shape index (κ1) is 12.5. The van der Waals surface area contributed by atoms with E-state index in [-0.39, 0.29) is 12.0 Å². The molecule has 1 saturated heterocycles. The molecule has 2 rings (SSSR count). The first-order chi connectivity index (χ1) is 8.20. The summed E-state index contributed by atoms with van der Waals surface area (Å²) in [4.78, 5) is 18.8. The van der Waals surface area contributed by atoms with Crippen LogP contribution in [0.5, 0.6) is 0 Å². The van der Waals surface area contributed by atoms with E-state index in [4.69, 9.17) is 10.7 Å². The molecule has 1 heterocycles. The van der Waals surface area contributed by atoms with Gasteiger partial charge in [-0.2, -0.15) is 0 Å². The van der Waals surface area contributed by atoms with Crippen LogP contribution >= 0.6 is 15.9 Å². The van der Waals surface area contributed by atoms with Gasteiger partial charge in [-0.15, -0.1) is 0 Å². The van der Waals surface area contributed by atoms with Crippen LogP contribution < -0.4 is 5.90 Å². The van der Waals surface area contributed by atoms with E-state index in [1.165, 1.54) is 0 Å². The Kier molecular flexibility index (Phi) is 4.15. The molecule has 0 spiro atoms. The second-order valence-corrected chi connectivity index (χ2v) is 5.07. The molecule has 1 amide bonds. The summed E-state index contributed by atoms with van der Waals surface area (Å²) in [6.45, 7) is 1.35. The minimum atomic E-state index is -0.0388. The highest BCUT2D eigenvalue weighted by Crippen LogP contribution is 2.16. The third-order valence-electron chi connectivity index (χ3n) is 2.95. The first-order valence-corrected chi connectivity index (χ1v) is 6.40. The molecule has 92 valence electrons. The van der Waals surface area contributed by atoms with Crippen molar-refractivity contribution in [2.45, 2.75) is 18.9 Å². The molecule has 0 saturated carbocycles. The van der Waals surface area contributed by atoms with Gasteiger partial charge in [0.25, 0.3) is 5.91 Å². The van der Waals surface area contributed by atoms with Crippen LogP contribution in [0.2, 0.25) is 0 Å². The molecule has 17 heavy (non-hydrogen) atoms. The van der Waals surface area contributed by atoms with Crippen molar-refractivity contribution in [1.82, 2.24) is 4.90 Å². The van der Waals surface area contributed by atoms with Crippen molar-refractivity contribution >= 4 is 21.8 Å². The maximum atomic E-state index is 12.2. The lowest BCUT2D eigenvalue weighted by molar-refractivity contribution is 0.000965. The van der Waals surface area contributed by atoms with Crippen LogP contribution in [-0.2, 0) is 4.84 Å². The summed E-state index contributed by atoms with van der Waals surface area (Å²) in [5, 5.41) is 0. The molecule has 1 aliphatic heterocycles. The number of benzene rings is 1. The molecule has 1 aromatic rings. The second kappa shape index (κ2) is 5.62. The Hall–Kier alpha value is -0.910. The molecule has 2 N–H and O–H groups in total. The fourth-order valence-electron chi connectivity index (χ4n) is 2.01. The molecule has 0 radical (unpaired) electrons. The number of carbonyl (C=O) groups is 1. The van der Waals surface area contributed by atoms with Crippen molar-refractivity contribution < 1.29 is 9.63 Å². The van der Waals surface area contributed by atoms with Gasteiger partial charge in [-0.3, -0.25) is 9.63 Å². The third-order valence-corrected chi connectivity index (χ3v) is 3.48. The summed E-state index contributed by atoms with van der Waals surface area (Å²) < 4.78 is 0.968. The smallest absolute Gasteiger partial charge is 0.253 e. The van der Waals surface area contributed by atoms with E-state index in [9.17, 15) is 4.79 Å². The van der Waals surface area contributed by atoms with Gasteiger partial charge in [-0.25, -0.2) is 5.90 Å². The zero-order chi connectivity index (χ0) is 12.3. The Bertz CT molecular complexity index is 394. The lowest BCUT2D eigenvalue weighted by Gasteiger charge is -2.31. The minimum absolute atomic E-state index is 0.0388. The highest BCUT2D eigenvalue weighted by Gasteiger charge is 2.24. The van der Waals surface area contributed by atoms with Crippen LogP contribution in [0.15, 0.2) is 28.7 Å². The highest BCUT2D eigenvalue weighted by atomic mass is 79.9. The number of halogens is 1. The summed E-state index contributed by atoms with van der Waals surface area (Å²) in [5.74, 6) is 5.22. The summed E-state index contributed by atoms with van der Waals surface area (Å²) in [5.41, 5.74) is 0.700. The molecule has 1 unspecified atom stereocenters. The Labute approximate surface area is 109 Å². The molecule has 0 bridgehead atoms. The fourth-order valence-corrected chi connectivity index (χ4v) is 2.27. The van der Waals surface area contributed by atoms with Crippen molar-refractivity contribution in [3.63, 3.8) is 0 Å². The first-order valence-electron chi connectivity index (χ1n) is 5.61. The molecule has 5 heteroatoms.